The quantitative estimate of drug-likeness (QED) is 0.543. The summed E-state index contributed by atoms with van der Waals surface area (Å²) in [6, 6.07) is 0. The van der Waals surface area contributed by atoms with E-state index in [4.69, 9.17) is 0 Å². The van der Waals surface area contributed by atoms with Crippen LogP contribution in [0.5, 0.6) is 0 Å². The minimum atomic E-state index is 0.483. The number of rotatable bonds is 0. The second-order valence-corrected chi connectivity index (χ2v) is 4.42. The Balaban J connectivity index is 2.41. The lowest BCUT2D eigenvalue weighted by atomic mass is 9.98. The van der Waals surface area contributed by atoms with Gasteiger partial charge >= 0.3 is 0 Å². The summed E-state index contributed by atoms with van der Waals surface area (Å²) in [5, 5.41) is 0. The third kappa shape index (κ3) is 3.38. The molecule has 1 nitrogen and oxygen atoms in total. The van der Waals surface area contributed by atoms with E-state index in [1.807, 2.05) is 0 Å². The largest absolute Gasteiger partial charge is 0.300 e. The number of hydrogen-bond acceptors (Lipinski definition) is 1. The molecule has 0 heterocycles. The molecular formula is C11H20O. The summed E-state index contributed by atoms with van der Waals surface area (Å²) >= 11 is 0. The van der Waals surface area contributed by atoms with Crippen LogP contribution in [0.3, 0.4) is 0 Å². The molecule has 0 radical (unpaired) electrons. The van der Waals surface area contributed by atoms with E-state index >= 15 is 0 Å². The van der Waals surface area contributed by atoms with Crippen molar-refractivity contribution in [1.82, 2.24) is 0 Å². The van der Waals surface area contributed by atoms with Gasteiger partial charge < -0.3 is 0 Å². The molecular weight excluding hydrogens is 148 g/mol. The first-order chi connectivity index (χ1) is 5.68. The highest BCUT2D eigenvalue weighted by molar-refractivity contribution is 5.78. The van der Waals surface area contributed by atoms with Gasteiger partial charge in [0.1, 0.15) is 5.78 Å². The molecule has 1 saturated carbocycles. The topological polar surface area (TPSA) is 17.1 Å². The van der Waals surface area contributed by atoms with Crippen molar-refractivity contribution < 1.29 is 4.79 Å². The summed E-state index contributed by atoms with van der Waals surface area (Å²) in [5.41, 5.74) is 0. The first-order valence-electron chi connectivity index (χ1n) is 5.20. The van der Waals surface area contributed by atoms with Crippen molar-refractivity contribution in [3.63, 3.8) is 0 Å². The Morgan fingerprint density at radius 1 is 1.08 bits per heavy atom. The second kappa shape index (κ2) is 4.64. The number of Topliss-reactive ketones (excluding diaryl/α,β-unsaturated/α-hetero) is 1. The molecule has 1 aliphatic rings. The van der Waals surface area contributed by atoms with E-state index in [0.717, 1.165) is 25.2 Å². The average Bonchev–Trinajstić information content (AvgIpc) is 2.05. The van der Waals surface area contributed by atoms with Crippen molar-refractivity contribution in [2.45, 2.75) is 52.4 Å². The van der Waals surface area contributed by atoms with Gasteiger partial charge in [-0.2, -0.15) is 0 Å². The Morgan fingerprint density at radius 2 is 1.75 bits per heavy atom. The van der Waals surface area contributed by atoms with Gasteiger partial charge in [-0.25, -0.2) is 0 Å². The van der Waals surface area contributed by atoms with Crippen molar-refractivity contribution in [3.05, 3.63) is 0 Å². The number of carbonyl (C=O) groups excluding carboxylic acids is 1. The van der Waals surface area contributed by atoms with Gasteiger partial charge in [0.05, 0.1) is 0 Å². The van der Waals surface area contributed by atoms with E-state index in [0.29, 0.717) is 11.7 Å². The Morgan fingerprint density at radius 3 is 2.50 bits per heavy atom. The Kier molecular flexibility index (Phi) is 3.77. The molecule has 2 atom stereocenters. The average molecular weight is 168 g/mol. The maximum absolute atomic E-state index is 11.3. The SMILES string of the molecule is CC1CCCC(C)CC(=O)CC1. The normalized spacial score (nSPS) is 33.7. The van der Waals surface area contributed by atoms with Crippen molar-refractivity contribution in [3.8, 4) is 0 Å². The molecule has 0 aromatic carbocycles. The van der Waals surface area contributed by atoms with Crippen LogP contribution in [0.4, 0.5) is 0 Å². The molecule has 70 valence electrons. The fraction of sp³-hybridized carbons (Fsp3) is 0.909. The molecule has 0 aromatic heterocycles. The fourth-order valence-electron chi connectivity index (χ4n) is 1.96. The lowest BCUT2D eigenvalue weighted by molar-refractivity contribution is -0.120. The van der Waals surface area contributed by atoms with E-state index in [1.165, 1.54) is 19.3 Å². The molecule has 2 unspecified atom stereocenters. The van der Waals surface area contributed by atoms with Gasteiger partial charge in [-0.05, 0) is 18.3 Å². The van der Waals surface area contributed by atoms with Crippen LogP contribution < -0.4 is 0 Å². The van der Waals surface area contributed by atoms with E-state index < -0.39 is 0 Å². The summed E-state index contributed by atoms with van der Waals surface area (Å²) < 4.78 is 0. The monoisotopic (exact) mass is 168 g/mol. The third-order valence-electron chi connectivity index (χ3n) is 2.89. The van der Waals surface area contributed by atoms with Gasteiger partial charge in [-0.3, -0.25) is 4.79 Å². The number of carbonyl (C=O) groups is 1. The van der Waals surface area contributed by atoms with E-state index in [1.54, 1.807) is 0 Å². The van der Waals surface area contributed by atoms with Crippen LogP contribution in [0.2, 0.25) is 0 Å². The zero-order valence-corrected chi connectivity index (χ0v) is 8.31. The number of ketones is 1. The van der Waals surface area contributed by atoms with E-state index in [2.05, 4.69) is 13.8 Å². The first-order valence-corrected chi connectivity index (χ1v) is 5.20. The minimum Gasteiger partial charge on any atom is -0.300 e. The molecule has 0 saturated heterocycles. The maximum atomic E-state index is 11.3. The van der Waals surface area contributed by atoms with Crippen LogP contribution in [0.1, 0.15) is 52.4 Å². The van der Waals surface area contributed by atoms with Gasteiger partial charge in [-0.15, -0.1) is 0 Å². The predicted octanol–water partition coefficient (Wildman–Crippen LogP) is 3.18. The fourth-order valence-corrected chi connectivity index (χ4v) is 1.96. The third-order valence-corrected chi connectivity index (χ3v) is 2.89. The smallest absolute Gasteiger partial charge is 0.133 e. The van der Waals surface area contributed by atoms with E-state index in [9.17, 15) is 4.79 Å². The van der Waals surface area contributed by atoms with Crippen molar-refractivity contribution in [2.24, 2.45) is 11.8 Å². The Labute approximate surface area is 75.5 Å². The lowest BCUT2D eigenvalue weighted by Crippen LogP contribution is -2.04. The minimum absolute atomic E-state index is 0.483. The summed E-state index contributed by atoms with van der Waals surface area (Å²) in [4.78, 5) is 11.3. The molecule has 1 rings (SSSR count). The second-order valence-electron chi connectivity index (χ2n) is 4.42. The van der Waals surface area contributed by atoms with Crippen molar-refractivity contribution >= 4 is 5.78 Å². The molecule has 0 aromatic rings. The zero-order valence-electron chi connectivity index (χ0n) is 8.31. The standard InChI is InChI=1S/C11H20O/c1-9-4-3-5-10(2)8-11(12)7-6-9/h9-10H,3-8H2,1-2H3. The summed E-state index contributed by atoms with van der Waals surface area (Å²) in [7, 11) is 0. The van der Waals surface area contributed by atoms with Gasteiger partial charge in [0.25, 0.3) is 0 Å². The predicted molar refractivity (Wildman–Crippen MR) is 51.0 cm³/mol. The number of hydrogen-bond donors (Lipinski definition) is 0. The molecule has 1 fully saturated rings. The summed E-state index contributed by atoms with van der Waals surface area (Å²) in [6.45, 7) is 4.47. The van der Waals surface area contributed by atoms with Crippen molar-refractivity contribution in [1.29, 1.82) is 0 Å². The molecule has 1 heteroatoms. The zero-order chi connectivity index (χ0) is 8.97. The van der Waals surface area contributed by atoms with Gasteiger partial charge in [0.15, 0.2) is 0 Å². The Hall–Kier alpha value is -0.330. The molecule has 12 heavy (non-hydrogen) atoms. The maximum Gasteiger partial charge on any atom is 0.133 e. The van der Waals surface area contributed by atoms with Gasteiger partial charge in [0, 0.05) is 12.8 Å². The van der Waals surface area contributed by atoms with Crippen LogP contribution in [0, 0.1) is 11.8 Å². The molecule has 0 N–H and O–H groups in total. The lowest BCUT2D eigenvalue weighted by Gasteiger charge is -2.08. The van der Waals surface area contributed by atoms with Crippen LogP contribution >= 0.6 is 0 Å². The van der Waals surface area contributed by atoms with E-state index in [-0.39, 0.29) is 0 Å². The molecule has 0 amide bonds. The van der Waals surface area contributed by atoms with Gasteiger partial charge in [0.2, 0.25) is 0 Å². The summed E-state index contributed by atoms with van der Waals surface area (Å²) in [5.74, 6) is 1.87. The van der Waals surface area contributed by atoms with Crippen LogP contribution in [0.15, 0.2) is 0 Å². The van der Waals surface area contributed by atoms with Gasteiger partial charge in [-0.1, -0.05) is 33.1 Å². The van der Waals surface area contributed by atoms with Crippen molar-refractivity contribution in [2.75, 3.05) is 0 Å². The highest BCUT2D eigenvalue weighted by Crippen LogP contribution is 2.22. The molecule has 0 aliphatic heterocycles. The molecule has 0 bridgehead atoms. The highest BCUT2D eigenvalue weighted by atomic mass is 16.1. The van der Waals surface area contributed by atoms with Crippen LogP contribution in [0.25, 0.3) is 0 Å². The first kappa shape index (κ1) is 9.76. The Bertz CT molecular complexity index is 151. The highest BCUT2D eigenvalue weighted by Gasteiger charge is 2.14. The van der Waals surface area contributed by atoms with Crippen LogP contribution in [-0.4, -0.2) is 5.78 Å². The molecule has 1 aliphatic carbocycles. The molecule has 0 spiro atoms. The summed E-state index contributed by atoms with van der Waals surface area (Å²) in [6.07, 6.45) is 6.65. The van der Waals surface area contributed by atoms with Crippen LogP contribution in [-0.2, 0) is 4.79 Å².